The van der Waals surface area contributed by atoms with Crippen LogP contribution in [0.3, 0.4) is 0 Å². The second-order valence-corrected chi connectivity index (χ2v) is 12.2. The van der Waals surface area contributed by atoms with Crippen molar-refractivity contribution in [3.8, 4) is 17.2 Å². The van der Waals surface area contributed by atoms with Crippen LogP contribution in [0.5, 0.6) is 0 Å². The molecule has 3 aromatic rings. The topological polar surface area (TPSA) is 117 Å². The van der Waals surface area contributed by atoms with Gasteiger partial charge in [-0.1, -0.05) is 0 Å². The lowest BCUT2D eigenvalue weighted by atomic mass is 9.96. The maximum atomic E-state index is 14.8. The van der Waals surface area contributed by atoms with E-state index in [2.05, 4.69) is 21.0 Å². The Kier molecular flexibility index (Phi) is 7.84. The highest BCUT2D eigenvalue weighted by Gasteiger charge is 2.48. The molecule has 0 amide bonds. The summed E-state index contributed by atoms with van der Waals surface area (Å²) < 4.78 is 94.6. The fourth-order valence-corrected chi connectivity index (χ4v) is 6.95. The Morgan fingerprint density at radius 1 is 1.14 bits per heavy atom. The summed E-state index contributed by atoms with van der Waals surface area (Å²) in [6.45, 7) is 1.36. The number of hydrogen-bond donors (Lipinski definition) is 0. The van der Waals surface area contributed by atoms with Crippen LogP contribution in [-0.2, 0) is 27.4 Å². The van der Waals surface area contributed by atoms with Crippen molar-refractivity contribution in [2.75, 3.05) is 0 Å². The Bertz CT molecular complexity index is 1650. The number of nitrogens with zero attached hydrogens (tertiary/aromatic N) is 5. The van der Waals surface area contributed by atoms with E-state index >= 15 is 0 Å². The molecule has 14 heteroatoms. The molecule has 0 N–H and O–H groups in total. The summed E-state index contributed by atoms with van der Waals surface area (Å²) in [5.74, 6) is -2.55. The summed E-state index contributed by atoms with van der Waals surface area (Å²) >= 11 is 0. The van der Waals surface area contributed by atoms with Crippen molar-refractivity contribution in [1.82, 2.24) is 19.3 Å². The van der Waals surface area contributed by atoms with Gasteiger partial charge >= 0.3 is 6.18 Å². The zero-order valence-corrected chi connectivity index (χ0v) is 23.0. The molecule has 0 spiro atoms. The molecule has 3 atom stereocenters. The summed E-state index contributed by atoms with van der Waals surface area (Å²) in [5.41, 5.74) is 1.42. The highest BCUT2D eigenvalue weighted by molar-refractivity contribution is 7.89. The molecule has 1 saturated carbocycles. The van der Waals surface area contributed by atoms with Crippen LogP contribution in [0.4, 0.5) is 22.0 Å². The van der Waals surface area contributed by atoms with Gasteiger partial charge < -0.3 is 0 Å². The minimum absolute atomic E-state index is 0.00498. The Hall–Kier alpha value is -3.83. The van der Waals surface area contributed by atoms with Gasteiger partial charge in [0, 0.05) is 48.0 Å². The summed E-state index contributed by atoms with van der Waals surface area (Å²) in [6, 6.07) is 5.15. The van der Waals surface area contributed by atoms with Crippen molar-refractivity contribution in [2.45, 2.75) is 74.3 Å². The molecule has 8 nitrogen and oxygen atoms in total. The number of Topliss-reactive ketones (excluding diaryl/α,β-unsaturated/α-hetero) is 1. The predicted molar refractivity (Wildman–Crippen MR) is 138 cm³/mol. The fraction of sp³-hybridized carbons (Fsp3) is 0.393. The van der Waals surface area contributed by atoms with Crippen molar-refractivity contribution in [1.29, 1.82) is 5.26 Å². The smallest absolute Gasteiger partial charge is 0.298 e. The number of rotatable bonds is 8. The third kappa shape index (κ3) is 5.76. The molecule has 0 bridgehead atoms. The summed E-state index contributed by atoms with van der Waals surface area (Å²) in [4.78, 5) is 24.4. The van der Waals surface area contributed by atoms with E-state index in [9.17, 15) is 40.4 Å². The molecule has 2 aliphatic rings. The second kappa shape index (κ2) is 11.1. The number of sulfonamides is 1. The average molecular weight is 606 g/mol. The monoisotopic (exact) mass is 605 g/mol. The molecule has 42 heavy (non-hydrogen) atoms. The van der Waals surface area contributed by atoms with Gasteiger partial charge in [-0.15, -0.1) is 0 Å². The molecular formula is C28H24F5N5O3S. The van der Waals surface area contributed by atoms with Crippen molar-refractivity contribution in [2.24, 2.45) is 0 Å². The van der Waals surface area contributed by atoms with E-state index in [0.717, 1.165) is 53.8 Å². The first-order valence-electron chi connectivity index (χ1n) is 13.1. The van der Waals surface area contributed by atoms with Crippen LogP contribution in [0.2, 0.25) is 0 Å². The second-order valence-electron chi connectivity index (χ2n) is 10.4. The van der Waals surface area contributed by atoms with E-state index < -0.39 is 51.9 Å². The van der Waals surface area contributed by atoms with Crippen LogP contribution >= 0.6 is 0 Å². The van der Waals surface area contributed by atoms with Crippen LogP contribution in [0, 0.1) is 17.1 Å². The number of halogens is 5. The third-order valence-electron chi connectivity index (χ3n) is 7.46. The first kappa shape index (κ1) is 29.7. The van der Waals surface area contributed by atoms with E-state index in [-0.39, 0.29) is 46.8 Å². The van der Waals surface area contributed by atoms with Gasteiger partial charge in [-0.3, -0.25) is 9.78 Å². The van der Waals surface area contributed by atoms with E-state index in [1.54, 1.807) is 0 Å². The molecular weight excluding hydrogens is 581 g/mol. The van der Waals surface area contributed by atoms with Crippen molar-refractivity contribution < 1.29 is 35.2 Å². The maximum absolute atomic E-state index is 14.8. The van der Waals surface area contributed by atoms with Gasteiger partial charge in [-0.2, -0.15) is 22.7 Å². The Labute approximate surface area is 238 Å². The lowest BCUT2D eigenvalue weighted by Gasteiger charge is -2.26. The van der Waals surface area contributed by atoms with Gasteiger partial charge in [-0.05, 0) is 56.5 Å². The number of carbonyl (C=O) groups excluding carboxylic acids is 1. The molecule has 2 aromatic heterocycles. The number of nitriles is 1. The van der Waals surface area contributed by atoms with E-state index in [0.29, 0.717) is 11.4 Å². The average Bonchev–Trinajstić information content (AvgIpc) is 3.75. The lowest BCUT2D eigenvalue weighted by Crippen LogP contribution is -2.44. The fourth-order valence-electron chi connectivity index (χ4n) is 5.12. The summed E-state index contributed by atoms with van der Waals surface area (Å²) in [5, 5.41) is 9.85. The number of ketones is 1. The Morgan fingerprint density at radius 2 is 1.79 bits per heavy atom. The minimum Gasteiger partial charge on any atom is -0.298 e. The standard InChI is InChI=1S/C28H24F5N5O3S/c1-15-23(30)11-24(38(15)42(40,41)20-7-4-18(29)5-8-20)25(39)9-6-19-10-21(22(12-34)26(37-19)16-2-3-16)17-13-35-27(36-14-17)28(31,32)33/h4-5,7-8,10,13-16,23-24H,2-3,6,9,11H2,1H3/t15-,23+,24-/m0/s1. The zero-order chi connectivity index (χ0) is 30.4. The molecule has 220 valence electrons. The molecule has 1 aliphatic carbocycles. The van der Waals surface area contributed by atoms with Gasteiger partial charge in [0.25, 0.3) is 0 Å². The molecule has 1 aromatic carbocycles. The Balaban J connectivity index is 1.42. The van der Waals surface area contributed by atoms with Gasteiger partial charge in [0.15, 0.2) is 5.78 Å². The highest BCUT2D eigenvalue weighted by atomic mass is 32.2. The van der Waals surface area contributed by atoms with Crippen LogP contribution in [-0.4, -0.2) is 51.7 Å². The van der Waals surface area contributed by atoms with Crippen LogP contribution in [0.15, 0.2) is 47.6 Å². The Morgan fingerprint density at radius 3 is 2.36 bits per heavy atom. The summed E-state index contributed by atoms with van der Waals surface area (Å²) in [7, 11) is -4.33. The highest BCUT2D eigenvalue weighted by Crippen LogP contribution is 2.43. The number of pyridine rings is 1. The molecule has 0 unspecified atom stereocenters. The molecule has 1 saturated heterocycles. The predicted octanol–water partition coefficient (Wildman–Crippen LogP) is 5.14. The van der Waals surface area contributed by atoms with Crippen molar-refractivity contribution in [3.05, 3.63) is 71.3 Å². The minimum atomic E-state index is -4.74. The van der Waals surface area contributed by atoms with E-state index in [4.69, 9.17) is 0 Å². The van der Waals surface area contributed by atoms with E-state index in [1.165, 1.54) is 13.0 Å². The van der Waals surface area contributed by atoms with Crippen molar-refractivity contribution in [3.63, 3.8) is 0 Å². The molecule has 1 aliphatic heterocycles. The SMILES string of the molecule is C[C@H]1[C@H](F)C[C@@H](C(=O)CCc2cc(-c3cnc(C(F)(F)F)nc3)c(C#N)c(C3CC3)n2)N1S(=O)(=O)c1ccc(F)cc1. The molecule has 2 fully saturated rings. The number of benzene rings is 1. The number of hydrogen-bond acceptors (Lipinski definition) is 7. The van der Waals surface area contributed by atoms with Gasteiger partial charge in [0.2, 0.25) is 15.8 Å². The molecule has 0 radical (unpaired) electrons. The summed E-state index contributed by atoms with van der Waals surface area (Å²) in [6.07, 6.45) is -3.43. The number of aryl methyl sites for hydroxylation is 1. The molecule has 3 heterocycles. The van der Waals surface area contributed by atoms with E-state index in [1.807, 2.05) is 0 Å². The number of alkyl halides is 4. The number of carbonyl (C=O) groups is 1. The largest absolute Gasteiger partial charge is 0.451 e. The van der Waals surface area contributed by atoms with Gasteiger partial charge in [0.05, 0.1) is 28.2 Å². The first-order valence-corrected chi connectivity index (χ1v) is 14.5. The van der Waals surface area contributed by atoms with Gasteiger partial charge in [0.1, 0.15) is 18.1 Å². The van der Waals surface area contributed by atoms with Crippen molar-refractivity contribution >= 4 is 15.8 Å². The van der Waals surface area contributed by atoms with Crippen LogP contribution in [0.1, 0.15) is 61.3 Å². The quantitative estimate of drug-likeness (QED) is 0.327. The van der Waals surface area contributed by atoms with Crippen LogP contribution in [0.25, 0.3) is 11.1 Å². The third-order valence-corrected chi connectivity index (χ3v) is 9.47. The number of aromatic nitrogens is 3. The zero-order valence-electron chi connectivity index (χ0n) is 22.1. The first-order chi connectivity index (χ1) is 19.8. The lowest BCUT2D eigenvalue weighted by molar-refractivity contribution is -0.145. The maximum Gasteiger partial charge on any atom is 0.451 e. The van der Waals surface area contributed by atoms with Gasteiger partial charge in [-0.25, -0.2) is 27.2 Å². The molecule has 5 rings (SSSR count). The van der Waals surface area contributed by atoms with Crippen LogP contribution < -0.4 is 0 Å². The normalized spacial score (nSPS) is 21.3.